The lowest BCUT2D eigenvalue weighted by Gasteiger charge is -2.10. The zero-order valence-electron chi connectivity index (χ0n) is 9.92. The van der Waals surface area contributed by atoms with Crippen LogP contribution in [0.4, 0.5) is 13.2 Å². The van der Waals surface area contributed by atoms with Crippen LogP contribution in [-0.4, -0.2) is 19.9 Å². The fourth-order valence-corrected chi connectivity index (χ4v) is 1.48. The van der Waals surface area contributed by atoms with Crippen molar-refractivity contribution in [3.63, 3.8) is 0 Å². The fraction of sp³-hybridized carbons (Fsp3) is 0.308. The number of aldehydes is 1. The molecule has 1 aromatic carbocycles. The molecule has 0 bridgehead atoms. The Morgan fingerprint density at radius 3 is 2.61 bits per heavy atom. The lowest BCUT2D eigenvalue weighted by Crippen LogP contribution is -2.08. The van der Waals surface area contributed by atoms with Crippen molar-refractivity contribution in [3.8, 4) is 0 Å². The summed E-state index contributed by atoms with van der Waals surface area (Å²) in [6.07, 6.45) is -0.314. The number of hydrogen-bond donors (Lipinski definition) is 1. The number of nitrogens with one attached hydrogen (secondary N) is 1. The van der Waals surface area contributed by atoms with Gasteiger partial charge in [0, 0.05) is 5.56 Å². The van der Waals surface area contributed by atoms with Gasteiger partial charge in [-0.25, -0.2) is 0 Å². The van der Waals surface area contributed by atoms with Gasteiger partial charge in [0.05, 0.1) is 5.56 Å². The molecule has 18 heavy (non-hydrogen) atoms. The molecule has 0 atom stereocenters. The first-order valence-electron chi connectivity index (χ1n) is 5.46. The Hall–Kier alpha value is -1.62. The third-order valence-corrected chi connectivity index (χ3v) is 2.38. The van der Waals surface area contributed by atoms with Crippen LogP contribution in [0.2, 0.25) is 0 Å². The smallest absolute Gasteiger partial charge is 0.319 e. The largest absolute Gasteiger partial charge is 0.417 e. The molecule has 0 heterocycles. The van der Waals surface area contributed by atoms with Crippen LogP contribution in [0.15, 0.2) is 24.3 Å². The zero-order valence-corrected chi connectivity index (χ0v) is 9.92. The molecule has 0 saturated heterocycles. The molecule has 1 aromatic rings. The van der Waals surface area contributed by atoms with Gasteiger partial charge in [-0.2, -0.15) is 13.2 Å². The molecular weight excluding hydrogens is 243 g/mol. The summed E-state index contributed by atoms with van der Waals surface area (Å²) in [4.78, 5) is 10.5. The molecule has 0 aliphatic carbocycles. The summed E-state index contributed by atoms with van der Waals surface area (Å²) in [5.74, 6) is 0. The van der Waals surface area contributed by atoms with E-state index in [1.807, 2.05) is 0 Å². The minimum Gasteiger partial charge on any atom is -0.319 e. The maximum atomic E-state index is 12.8. The van der Waals surface area contributed by atoms with Gasteiger partial charge < -0.3 is 5.32 Å². The Labute approximate surface area is 104 Å². The molecule has 5 heteroatoms. The number of carbonyl (C=O) groups is 1. The van der Waals surface area contributed by atoms with Crippen LogP contribution in [0.3, 0.4) is 0 Å². The topological polar surface area (TPSA) is 29.1 Å². The van der Waals surface area contributed by atoms with Gasteiger partial charge in [0.25, 0.3) is 0 Å². The van der Waals surface area contributed by atoms with E-state index < -0.39 is 11.7 Å². The Balaban J connectivity index is 3.03. The second-order valence-corrected chi connectivity index (χ2v) is 3.76. The molecule has 0 aliphatic heterocycles. The highest BCUT2D eigenvalue weighted by Gasteiger charge is 2.32. The molecule has 0 aromatic heterocycles. The zero-order chi connectivity index (χ0) is 13.6. The van der Waals surface area contributed by atoms with Crippen molar-refractivity contribution in [2.24, 2.45) is 0 Å². The SMILES string of the molecule is CNCCC=Cc1ccc(C=O)cc1C(F)(F)F. The number of alkyl halides is 3. The minimum atomic E-state index is -4.46. The standard InChI is InChI=1S/C13H14F3NO/c1-17-7-3-2-4-11-6-5-10(9-18)8-12(11)13(14,15)16/h2,4-6,8-9,17H,3,7H2,1H3. The molecule has 0 radical (unpaired) electrons. The molecule has 0 fully saturated rings. The van der Waals surface area contributed by atoms with E-state index in [4.69, 9.17) is 0 Å². The number of benzene rings is 1. The number of rotatable bonds is 5. The second kappa shape index (κ2) is 6.35. The van der Waals surface area contributed by atoms with E-state index in [2.05, 4.69) is 5.32 Å². The van der Waals surface area contributed by atoms with Crippen molar-refractivity contribution >= 4 is 12.4 Å². The number of halogens is 3. The second-order valence-electron chi connectivity index (χ2n) is 3.76. The van der Waals surface area contributed by atoms with Crippen molar-refractivity contribution in [2.75, 3.05) is 13.6 Å². The van der Waals surface area contributed by atoms with Crippen molar-refractivity contribution < 1.29 is 18.0 Å². The first-order valence-corrected chi connectivity index (χ1v) is 5.46. The van der Waals surface area contributed by atoms with E-state index in [0.29, 0.717) is 19.3 Å². The molecule has 0 spiro atoms. The summed E-state index contributed by atoms with van der Waals surface area (Å²) >= 11 is 0. The lowest BCUT2D eigenvalue weighted by atomic mass is 10.0. The van der Waals surface area contributed by atoms with Gasteiger partial charge in [-0.1, -0.05) is 24.3 Å². The van der Waals surface area contributed by atoms with Crippen LogP contribution in [0.5, 0.6) is 0 Å². The quantitative estimate of drug-likeness (QED) is 0.648. The van der Waals surface area contributed by atoms with Gasteiger partial charge in [-0.05, 0) is 31.6 Å². The van der Waals surface area contributed by atoms with Gasteiger partial charge in [-0.15, -0.1) is 0 Å². The summed E-state index contributed by atoms with van der Waals surface area (Å²) in [5.41, 5.74) is -0.688. The summed E-state index contributed by atoms with van der Waals surface area (Å²) in [7, 11) is 1.77. The van der Waals surface area contributed by atoms with E-state index in [9.17, 15) is 18.0 Å². The van der Waals surface area contributed by atoms with Crippen LogP contribution in [0, 0.1) is 0 Å². The molecule has 0 amide bonds. The van der Waals surface area contributed by atoms with E-state index >= 15 is 0 Å². The fourth-order valence-electron chi connectivity index (χ4n) is 1.48. The summed E-state index contributed by atoms with van der Waals surface area (Å²) in [6, 6.07) is 3.55. The third kappa shape index (κ3) is 4.00. The Morgan fingerprint density at radius 1 is 1.33 bits per heavy atom. The normalized spacial score (nSPS) is 12.0. The van der Waals surface area contributed by atoms with Crippen molar-refractivity contribution in [1.29, 1.82) is 0 Å². The molecule has 1 N–H and O–H groups in total. The van der Waals surface area contributed by atoms with Gasteiger partial charge in [0.15, 0.2) is 0 Å². The van der Waals surface area contributed by atoms with Gasteiger partial charge in [-0.3, -0.25) is 4.79 Å². The van der Waals surface area contributed by atoms with Crippen LogP contribution in [-0.2, 0) is 6.18 Å². The van der Waals surface area contributed by atoms with Crippen LogP contribution >= 0.6 is 0 Å². The molecule has 98 valence electrons. The summed E-state index contributed by atoms with van der Waals surface area (Å²) in [6.45, 7) is 0.699. The molecule has 0 aliphatic rings. The van der Waals surface area contributed by atoms with Crippen molar-refractivity contribution in [3.05, 3.63) is 41.0 Å². The average Bonchev–Trinajstić information content (AvgIpc) is 2.33. The van der Waals surface area contributed by atoms with E-state index in [1.165, 1.54) is 18.2 Å². The molecule has 0 saturated carbocycles. The van der Waals surface area contributed by atoms with Crippen LogP contribution in [0.25, 0.3) is 6.08 Å². The van der Waals surface area contributed by atoms with E-state index in [0.717, 1.165) is 6.07 Å². The highest BCUT2D eigenvalue weighted by Crippen LogP contribution is 2.33. The third-order valence-electron chi connectivity index (χ3n) is 2.38. The van der Waals surface area contributed by atoms with Crippen LogP contribution < -0.4 is 5.32 Å². The van der Waals surface area contributed by atoms with E-state index in [1.54, 1.807) is 13.1 Å². The van der Waals surface area contributed by atoms with E-state index in [-0.39, 0.29) is 11.1 Å². The number of carbonyl (C=O) groups excluding carboxylic acids is 1. The highest BCUT2D eigenvalue weighted by molar-refractivity contribution is 5.76. The monoisotopic (exact) mass is 257 g/mol. The van der Waals surface area contributed by atoms with Crippen molar-refractivity contribution in [1.82, 2.24) is 5.32 Å². The molecule has 1 rings (SSSR count). The van der Waals surface area contributed by atoms with Crippen molar-refractivity contribution in [2.45, 2.75) is 12.6 Å². The Kier molecular flexibility index (Phi) is 5.09. The predicted molar refractivity (Wildman–Crippen MR) is 64.4 cm³/mol. The maximum Gasteiger partial charge on any atom is 0.417 e. The van der Waals surface area contributed by atoms with Gasteiger partial charge in [0.2, 0.25) is 0 Å². The van der Waals surface area contributed by atoms with Gasteiger partial charge >= 0.3 is 6.18 Å². The van der Waals surface area contributed by atoms with Gasteiger partial charge in [0.1, 0.15) is 6.29 Å². The first-order chi connectivity index (χ1) is 8.49. The minimum absolute atomic E-state index is 0.0229. The number of hydrogen-bond acceptors (Lipinski definition) is 2. The summed E-state index contributed by atoms with van der Waals surface area (Å²) < 4.78 is 38.3. The highest BCUT2D eigenvalue weighted by atomic mass is 19.4. The molecule has 0 unspecified atom stereocenters. The Morgan fingerprint density at radius 2 is 2.06 bits per heavy atom. The Bertz CT molecular complexity index is 438. The average molecular weight is 257 g/mol. The lowest BCUT2D eigenvalue weighted by molar-refractivity contribution is -0.137. The molecule has 2 nitrogen and oxygen atoms in total. The maximum absolute atomic E-state index is 12.8. The summed E-state index contributed by atoms with van der Waals surface area (Å²) in [5, 5.41) is 2.90. The molecular formula is C13H14F3NO. The first kappa shape index (κ1) is 14.4. The predicted octanol–water partition coefficient (Wildman–Crippen LogP) is 3.14. The van der Waals surface area contributed by atoms with Crippen LogP contribution in [0.1, 0.15) is 27.9 Å².